The summed E-state index contributed by atoms with van der Waals surface area (Å²) in [7, 11) is 0. The minimum absolute atomic E-state index is 0.726. The molecule has 0 aliphatic heterocycles. The van der Waals surface area contributed by atoms with Gasteiger partial charge in [0.1, 0.15) is 17.3 Å². The van der Waals surface area contributed by atoms with Gasteiger partial charge in [0, 0.05) is 16.1 Å². The highest BCUT2D eigenvalue weighted by Gasteiger charge is 2.23. The maximum atomic E-state index is 10.9. The number of benzene rings is 1. The van der Waals surface area contributed by atoms with Crippen molar-refractivity contribution in [2.24, 2.45) is 0 Å². The lowest BCUT2D eigenvalue weighted by Crippen LogP contribution is -2.06. The zero-order chi connectivity index (χ0) is 16.0. The molecule has 4 rings (SSSR count). The van der Waals surface area contributed by atoms with E-state index < -0.39 is 6.10 Å². The van der Waals surface area contributed by atoms with Crippen molar-refractivity contribution in [1.29, 1.82) is 0 Å². The summed E-state index contributed by atoms with van der Waals surface area (Å²) in [6, 6.07) is 9.93. The summed E-state index contributed by atoms with van der Waals surface area (Å²) in [4.78, 5) is 6.27. The molecule has 0 aliphatic carbocycles. The molecule has 0 fully saturated rings. The van der Waals surface area contributed by atoms with Gasteiger partial charge in [-0.25, -0.2) is 9.67 Å². The van der Waals surface area contributed by atoms with E-state index in [1.54, 1.807) is 23.9 Å². The smallest absolute Gasteiger partial charge is 0.124 e. The van der Waals surface area contributed by atoms with Crippen LogP contribution in [0.2, 0.25) is 0 Å². The predicted octanol–water partition coefficient (Wildman–Crippen LogP) is 3.28. The van der Waals surface area contributed by atoms with Crippen LogP contribution in [0.25, 0.3) is 10.5 Å². The van der Waals surface area contributed by atoms with Gasteiger partial charge in [-0.05, 0) is 26.0 Å². The van der Waals surface area contributed by atoms with Crippen molar-refractivity contribution >= 4 is 16.2 Å². The molecule has 0 spiro atoms. The lowest BCUT2D eigenvalue weighted by atomic mass is 10.1. The molecule has 1 atom stereocenters. The number of para-hydroxylation sites is 1. The van der Waals surface area contributed by atoms with E-state index in [0.29, 0.717) is 0 Å². The highest BCUT2D eigenvalue weighted by molar-refractivity contribution is 7.17. The second-order valence-electron chi connectivity index (χ2n) is 5.48. The molecule has 1 aromatic carbocycles. The van der Waals surface area contributed by atoms with Gasteiger partial charge in [-0.3, -0.25) is 4.40 Å². The Labute approximate surface area is 137 Å². The van der Waals surface area contributed by atoms with Crippen LogP contribution in [0.3, 0.4) is 0 Å². The molecule has 0 radical (unpaired) electrons. The average molecular weight is 324 g/mol. The molecular weight excluding hydrogens is 308 g/mol. The number of aryl methyl sites for hydroxylation is 1. The molecule has 1 N–H and O–H groups in total. The Morgan fingerprint density at radius 1 is 1.13 bits per heavy atom. The first-order chi connectivity index (χ1) is 11.2. The molecule has 0 bridgehead atoms. The Bertz CT molecular complexity index is 967. The molecule has 0 saturated carbocycles. The number of fused-ring (bicyclic) bond motifs is 1. The largest absolute Gasteiger partial charge is 0.382 e. The molecule has 4 aromatic rings. The van der Waals surface area contributed by atoms with Gasteiger partial charge >= 0.3 is 0 Å². The van der Waals surface area contributed by atoms with Crippen LogP contribution in [0.5, 0.6) is 0 Å². The van der Waals surface area contributed by atoms with Gasteiger partial charge in [-0.15, -0.1) is 11.3 Å². The predicted molar refractivity (Wildman–Crippen MR) is 90.2 cm³/mol. The van der Waals surface area contributed by atoms with Gasteiger partial charge in [0.2, 0.25) is 0 Å². The third kappa shape index (κ3) is 2.18. The number of hydrogen-bond donors (Lipinski definition) is 1. The second kappa shape index (κ2) is 5.33. The molecule has 3 heterocycles. The Morgan fingerprint density at radius 3 is 2.70 bits per heavy atom. The third-order valence-corrected chi connectivity index (χ3v) is 5.11. The molecule has 23 heavy (non-hydrogen) atoms. The van der Waals surface area contributed by atoms with Crippen molar-refractivity contribution in [3.05, 3.63) is 70.9 Å². The van der Waals surface area contributed by atoms with Crippen LogP contribution in [-0.2, 0) is 0 Å². The van der Waals surface area contributed by atoms with E-state index in [-0.39, 0.29) is 0 Å². The normalized spacial score (nSPS) is 12.8. The highest BCUT2D eigenvalue weighted by atomic mass is 32.1. The average Bonchev–Trinajstić information content (AvgIpc) is 3.22. The number of aliphatic hydroxyl groups is 1. The van der Waals surface area contributed by atoms with E-state index in [1.807, 2.05) is 59.5 Å². The Hall–Kier alpha value is -2.44. The molecule has 0 saturated heterocycles. The first kappa shape index (κ1) is 14.2. The van der Waals surface area contributed by atoms with Gasteiger partial charge < -0.3 is 5.11 Å². The number of thiazole rings is 1. The minimum Gasteiger partial charge on any atom is -0.382 e. The zero-order valence-corrected chi connectivity index (χ0v) is 13.7. The van der Waals surface area contributed by atoms with Crippen LogP contribution >= 0.6 is 11.3 Å². The third-order valence-electron chi connectivity index (χ3n) is 4.08. The van der Waals surface area contributed by atoms with Crippen molar-refractivity contribution < 1.29 is 5.11 Å². The van der Waals surface area contributed by atoms with E-state index in [4.69, 9.17) is 0 Å². The summed E-state index contributed by atoms with van der Waals surface area (Å²) in [5, 5.41) is 15.4. The molecule has 3 aromatic heterocycles. The minimum atomic E-state index is -0.726. The maximum Gasteiger partial charge on any atom is 0.124 e. The number of aromatic nitrogens is 4. The van der Waals surface area contributed by atoms with E-state index >= 15 is 0 Å². The van der Waals surface area contributed by atoms with Crippen molar-refractivity contribution in [2.75, 3.05) is 0 Å². The maximum absolute atomic E-state index is 10.9. The fourth-order valence-corrected chi connectivity index (χ4v) is 3.90. The summed E-state index contributed by atoms with van der Waals surface area (Å²) in [5.41, 5.74) is 3.59. The molecule has 0 amide bonds. The van der Waals surface area contributed by atoms with Crippen LogP contribution in [0.4, 0.5) is 0 Å². The van der Waals surface area contributed by atoms with Crippen LogP contribution in [0.15, 0.2) is 49.1 Å². The number of imidazole rings is 1. The Balaban J connectivity index is 1.81. The standard InChI is InChI=1S/C17H16N4OS/c1-11-14(8-19-21(11)13-6-4-3-5-7-13)17(22)16-12(2)23-15-9-18-10-20(15)16/h3-10,17,22H,1-2H3. The van der Waals surface area contributed by atoms with Gasteiger partial charge in [-0.1, -0.05) is 18.2 Å². The van der Waals surface area contributed by atoms with E-state index in [0.717, 1.165) is 32.3 Å². The number of aliphatic hydroxyl groups excluding tert-OH is 1. The summed E-state index contributed by atoms with van der Waals surface area (Å²) in [6.45, 7) is 4.00. The molecule has 1 unspecified atom stereocenters. The van der Waals surface area contributed by atoms with Gasteiger partial charge in [-0.2, -0.15) is 5.10 Å². The lowest BCUT2D eigenvalue weighted by Gasteiger charge is -2.12. The van der Waals surface area contributed by atoms with Crippen molar-refractivity contribution in [3.63, 3.8) is 0 Å². The zero-order valence-electron chi connectivity index (χ0n) is 12.8. The van der Waals surface area contributed by atoms with Crippen molar-refractivity contribution in [2.45, 2.75) is 20.0 Å². The van der Waals surface area contributed by atoms with Crippen LogP contribution in [0, 0.1) is 13.8 Å². The SMILES string of the molecule is Cc1sc2cncn2c1C(O)c1cnn(-c2ccccc2)c1C. The summed E-state index contributed by atoms with van der Waals surface area (Å²) >= 11 is 1.63. The topological polar surface area (TPSA) is 55.4 Å². The van der Waals surface area contributed by atoms with E-state index in [9.17, 15) is 5.11 Å². The quantitative estimate of drug-likeness (QED) is 0.629. The summed E-state index contributed by atoms with van der Waals surface area (Å²) in [6.07, 6.45) is 4.57. The van der Waals surface area contributed by atoms with Crippen LogP contribution in [-0.4, -0.2) is 24.3 Å². The number of rotatable bonds is 3. The van der Waals surface area contributed by atoms with Gasteiger partial charge in [0.05, 0.1) is 23.8 Å². The van der Waals surface area contributed by atoms with Gasteiger partial charge in [0.25, 0.3) is 0 Å². The molecule has 116 valence electrons. The summed E-state index contributed by atoms with van der Waals surface area (Å²) < 4.78 is 3.80. The van der Waals surface area contributed by atoms with Crippen LogP contribution in [0.1, 0.15) is 27.9 Å². The lowest BCUT2D eigenvalue weighted by molar-refractivity contribution is 0.213. The molecular formula is C17H16N4OS. The first-order valence-corrected chi connectivity index (χ1v) is 8.18. The van der Waals surface area contributed by atoms with Crippen molar-refractivity contribution in [1.82, 2.24) is 19.2 Å². The number of nitrogens with zero attached hydrogens (tertiary/aromatic N) is 4. The molecule has 5 nitrogen and oxygen atoms in total. The fourth-order valence-electron chi connectivity index (χ4n) is 2.91. The Morgan fingerprint density at radius 2 is 1.91 bits per heavy atom. The fraction of sp³-hybridized carbons (Fsp3) is 0.176. The Kier molecular flexibility index (Phi) is 3.28. The highest BCUT2D eigenvalue weighted by Crippen LogP contribution is 2.32. The summed E-state index contributed by atoms with van der Waals surface area (Å²) in [5.74, 6) is 0. The monoisotopic (exact) mass is 324 g/mol. The van der Waals surface area contributed by atoms with E-state index in [1.165, 1.54) is 0 Å². The van der Waals surface area contributed by atoms with E-state index in [2.05, 4.69) is 10.1 Å². The second-order valence-corrected chi connectivity index (χ2v) is 6.72. The molecule has 0 aliphatic rings. The van der Waals surface area contributed by atoms with Crippen LogP contribution < -0.4 is 0 Å². The number of hydrogen-bond acceptors (Lipinski definition) is 4. The molecule has 6 heteroatoms. The first-order valence-electron chi connectivity index (χ1n) is 7.36. The van der Waals surface area contributed by atoms with Gasteiger partial charge in [0.15, 0.2) is 0 Å². The van der Waals surface area contributed by atoms with Crippen molar-refractivity contribution in [3.8, 4) is 5.69 Å².